The summed E-state index contributed by atoms with van der Waals surface area (Å²) in [6.07, 6.45) is 0.535. The second-order valence-electron chi connectivity index (χ2n) is 5.86. The van der Waals surface area contributed by atoms with Crippen molar-refractivity contribution < 1.29 is 19.2 Å². The molecule has 1 unspecified atom stereocenters. The highest BCUT2D eigenvalue weighted by molar-refractivity contribution is 6.07. The lowest BCUT2D eigenvalue weighted by Gasteiger charge is -2.29. The lowest BCUT2D eigenvalue weighted by atomic mass is 10.0. The first-order valence-corrected chi connectivity index (χ1v) is 7.43. The molecule has 0 aromatic heterocycles. The first-order valence-electron chi connectivity index (χ1n) is 7.43. The van der Waals surface area contributed by atoms with Crippen molar-refractivity contribution >= 4 is 29.3 Å². The molecule has 7 nitrogen and oxygen atoms in total. The summed E-state index contributed by atoms with van der Waals surface area (Å²) in [6, 6.07) is 2.88. The molecule has 1 aromatic rings. The van der Waals surface area contributed by atoms with Gasteiger partial charge in [0.15, 0.2) is 0 Å². The van der Waals surface area contributed by atoms with Gasteiger partial charge in [0.2, 0.25) is 17.7 Å². The second kappa shape index (κ2) is 5.49. The van der Waals surface area contributed by atoms with E-state index in [0.29, 0.717) is 17.7 Å². The Morgan fingerprint density at radius 1 is 1.30 bits per heavy atom. The first-order chi connectivity index (χ1) is 10.9. The van der Waals surface area contributed by atoms with Crippen LogP contribution in [0.1, 0.15) is 41.3 Å². The zero-order valence-electron chi connectivity index (χ0n) is 12.9. The van der Waals surface area contributed by atoms with Gasteiger partial charge < -0.3 is 10.2 Å². The maximum Gasteiger partial charge on any atom is 0.255 e. The molecule has 1 aromatic carbocycles. The Kier molecular flexibility index (Phi) is 3.63. The molecular weight excluding hydrogens is 298 g/mol. The minimum Gasteiger partial charge on any atom is -0.326 e. The molecule has 2 N–H and O–H groups in total. The van der Waals surface area contributed by atoms with Crippen molar-refractivity contribution in [2.75, 3.05) is 5.32 Å². The summed E-state index contributed by atoms with van der Waals surface area (Å²) in [4.78, 5) is 48.9. The van der Waals surface area contributed by atoms with Crippen LogP contribution in [0.15, 0.2) is 12.1 Å². The predicted octanol–water partition coefficient (Wildman–Crippen LogP) is 0.714. The Balaban J connectivity index is 1.95. The van der Waals surface area contributed by atoms with E-state index in [0.717, 1.165) is 11.1 Å². The van der Waals surface area contributed by atoms with E-state index in [4.69, 9.17) is 0 Å². The Labute approximate surface area is 133 Å². The first kappa shape index (κ1) is 15.2. The lowest BCUT2D eigenvalue weighted by Crippen LogP contribution is -2.52. The number of carbonyl (C=O) groups excluding carboxylic acids is 4. The number of piperidine rings is 1. The normalized spacial score (nSPS) is 20.3. The number of imide groups is 1. The van der Waals surface area contributed by atoms with E-state index in [1.54, 1.807) is 12.1 Å². The summed E-state index contributed by atoms with van der Waals surface area (Å²) >= 11 is 0. The predicted molar refractivity (Wildman–Crippen MR) is 81.5 cm³/mol. The molecular formula is C16H17N3O4. The molecule has 0 radical (unpaired) electrons. The zero-order valence-corrected chi connectivity index (χ0v) is 12.9. The Hall–Kier alpha value is -2.70. The standard InChI is InChI=1S/C16H17N3O4/c1-8-3-4-11(17-9(2)20)10-7-19(16(23)14(8)10)12-5-6-13(21)18-15(12)22/h3-4,12H,5-7H2,1-2H3,(H,17,20)(H,18,21,22). The van der Waals surface area contributed by atoms with Gasteiger partial charge in [0.1, 0.15) is 6.04 Å². The van der Waals surface area contributed by atoms with Crippen LogP contribution in [0, 0.1) is 6.92 Å². The van der Waals surface area contributed by atoms with Crippen LogP contribution < -0.4 is 10.6 Å². The van der Waals surface area contributed by atoms with Crippen molar-refractivity contribution in [1.29, 1.82) is 0 Å². The van der Waals surface area contributed by atoms with Crippen molar-refractivity contribution in [3.05, 3.63) is 28.8 Å². The van der Waals surface area contributed by atoms with Crippen LogP contribution in [0.5, 0.6) is 0 Å². The maximum atomic E-state index is 12.7. The highest BCUT2D eigenvalue weighted by Gasteiger charge is 2.40. The highest BCUT2D eigenvalue weighted by Crippen LogP contribution is 2.34. The van der Waals surface area contributed by atoms with Crippen LogP contribution in [0.2, 0.25) is 0 Å². The second-order valence-corrected chi connectivity index (χ2v) is 5.86. The molecule has 0 saturated carbocycles. The van der Waals surface area contributed by atoms with Crippen LogP contribution >= 0.6 is 0 Å². The van der Waals surface area contributed by atoms with Crippen LogP contribution in [-0.4, -0.2) is 34.6 Å². The van der Waals surface area contributed by atoms with E-state index in [1.807, 2.05) is 6.92 Å². The fourth-order valence-corrected chi connectivity index (χ4v) is 3.15. The minimum absolute atomic E-state index is 0.216. The van der Waals surface area contributed by atoms with Crippen molar-refractivity contribution in [3.8, 4) is 0 Å². The molecule has 1 saturated heterocycles. The number of carbonyl (C=O) groups is 4. The molecule has 23 heavy (non-hydrogen) atoms. The number of anilines is 1. The average molecular weight is 315 g/mol. The van der Waals surface area contributed by atoms with Crippen LogP contribution in [0.25, 0.3) is 0 Å². The van der Waals surface area contributed by atoms with E-state index in [2.05, 4.69) is 10.6 Å². The number of nitrogens with one attached hydrogen (secondary N) is 2. The molecule has 3 rings (SSSR count). The number of benzene rings is 1. The quantitative estimate of drug-likeness (QED) is 0.786. The summed E-state index contributed by atoms with van der Waals surface area (Å²) in [6.45, 7) is 3.47. The van der Waals surface area contributed by atoms with E-state index < -0.39 is 11.9 Å². The number of hydrogen-bond donors (Lipinski definition) is 2. The third-order valence-electron chi connectivity index (χ3n) is 4.22. The largest absolute Gasteiger partial charge is 0.326 e. The molecule has 2 heterocycles. The van der Waals surface area contributed by atoms with Gasteiger partial charge in [-0.15, -0.1) is 0 Å². The fraction of sp³-hybridized carbons (Fsp3) is 0.375. The SMILES string of the molecule is CC(=O)Nc1ccc(C)c2c1CN(C1CCC(=O)NC1=O)C2=O. The van der Waals surface area contributed by atoms with Crippen molar-refractivity contribution in [2.45, 2.75) is 39.3 Å². The van der Waals surface area contributed by atoms with E-state index in [-0.39, 0.29) is 30.7 Å². The zero-order chi connectivity index (χ0) is 16.7. The topological polar surface area (TPSA) is 95.6 Å². The van der Waals surface area contributed by atoms with Gasteiger partial charge in [-0.2, -0.15) is 0 Å². The van der Waals surface area contributed by atoms with Gasteiger partial charge in [-0.25, -0.2) is 0 Å². The molecule has 0 bridgehead atoms. The smallest absolute Gasteiger partial charge is 0.255 e. The Morgan fingerprint density at radius 3 is 2.70 bits per heavy atom. The summed E-state index contributed by atoms with van der Waals surface area (Å²) in [7, 11) is 0. The average Bonchev–Trinajstić information content (AvgIpc) is 2.80. The molecule has 0 aliphatic carbocycles. The summed E-state index contributed by atoms with van der Waals surface area (Å²) in [5.74, 6) is -1.21. The van der Waals surface area contributed by atoms with Crippen molar-refractivity contribution in [2.24, 2.45) is 0 Å². The number of rotatable bonds is 2. The number of aryl methyl sites for hydroxylation is 1. The molecule has 120 valence electrons. The van der Waals surface area contributed by atoms with E-state index >= 15 is 0 Å². The summed E-state index contributed by atoms with van der Waals surface area (Å²) < 4.78 is 0. The minimum atomic E-state index is -0.655. The molecule has 1 atom stereocenters. The summed E-state index contributed by atoms with van der Waals surface area (Å²) in [5.41, 5.74) is 2.63. The Bertz CT molecular complexity index is 741. The lowest BCUT2D eigenvalue weighted by molar-refractivity contribution is -0.137. The van der Waals surface area contributed by atoms with Gasteiger partial charge in [-0.05, 0) is 25.0 Å². The van der Waals surface area contributed by atoms with Crippen LogP contribution in [0.4, 0.5) is 5.69 Å². The van der Waals surface area contributed by atoms with Gasteiger partial charge in [0.05, 0.1) is 0 Å². The van der Waals surface area contributed by atoms with E-state index in [1.165, 1.54) is 11.8 Å². The molecule has 4 amide bonds. The van der Waals surface area contributed by atoms with Gasteiger partial charge in [0, 0.05) is 36.7 Å². The third kappa shape index (κ3) is 2.58. The van der Waals surface area contributed by atoms with Crippen molar-refractivity contribution in [3.63, 3.8) is 0 Å². The fourth-order valence-electron chi connectivity index (χ4n) is 3.15. The monoisotopic (exact) mass is 315 g/mol. The molecule has 1 fully saturated rings. The molecule has 2 aliphatic rings. The maximum absolute atomic E-state index is 12.7. The van der Waals surface area contributed by atoms with Crippen molar-refractivity contribution in [1.82, 2.24) is 10.2 Å². The van der Waals surface area contributed by atoms with Crippen LogP contribution in [0.3, 0.4) is 0 Å². The number of nitrogens with zero attached hydrogens (tertiary/aromatic N) is 1. The van der Waals surface area contributed by atoms with Gasteiger partial charge in [-0.3, -0.25) is 24.5 Å². The summed E-state index contributed by atoms with van der Waals surface area (Å²) in [5, 5.41) is 5.00. The number of hydrogen-bond acceptors (Lipinski definition) is 4. The number of amides is 4. The van der Waals surface area contributed by atoms with Gasteiger partial charge in [0.25, 0.3) is 5.91 Å². The van der Waals surface area contributed by atoms with Crippen LogP contribution in [-0.2, 0) is 20.9 Å². The van der Waals surface area contributed by atoms with Gasteiger partial charge in [-0.1, -0.05) is 6.07 Å². The Morgan fingerprint density at radius 2 is 2.04 bits per heavy atom. The van der Waals surface area contributed by atoms with E-state index in [9.17, 15) is 19.2 Å². The molecule has 7 heteroatoms. The molecule has 0 spiro atoms. The highest BCUT2D eigenvalue weighted by atomic mass is 16.2. The molecule has 2 aliphatic heterocycles. The number of fused-ring (bicyclic) bond motifs is 1. The third-order valence-corrected chi connectivity index (χ3v) is 4.22. The van der Waals surface area contributed by atoms with Gasteiger partial charge >= 0.3 is 0 Å².